The molecule has 2 aromatic rings. The van der Waals surface area contributed by atoms with Gasteiger partial charge in [0.1, 0.15) is 11.8 Å². The molecule has 5 nitrogen and oxygen atoms in total. The van der Waals surface area contributed by atoms with E-state index in [1.165, 1.54) is 0 Å². The van der Waals surface area contributed by atoms with Gasteiger partial charge < -0.3 is 15.0 Å². The fourth-order valence-corrected chi connectivity index (χ4v) is 3.07. The highest BCUT2D eigenvalue weighted by Crippen LogP contribution is 2.23. The Morgan fingerprint density at radius 1 is 1.12 bits per heavy atom. The molecule has 1 saturated heterocycles. The largest absolute Gasteiger partial charge is 0.497 e. The standard InChI is InChI=1S/C19H19ClN2O3/c1-25-16-10-4-13(5-11-16)19(24)22-12-2-3-17(22)18(23)21-15-8-6-14(20)7-9-15/h4-11,17H,2-3,12H2,1H3,(H,21,23)/t17-/m1/s1. The summed E-state index contributed by atoms with van der Waals surface area (Å²) in [5.41, 5.74) is 1.21. The van der Waals surface area contributed by atoms with E-state index in [2.05, 4.69) is 5.32 Å². The molecule has 2 aromatic carbocycles. The van der Waals surface area contributed by atoms with Gasteiger partial charge in [0.05, 0.1) is 7.11 Å². The molecule has 0 unspecified atom stereocenters. The van der Waals surface area contributed by atoms with Crippen LogP contribution in [-0.2, 0) is 4.79 Å². The minimum atomic E-state index is -0.467. The molecule has 1 atom stereocenters. The first-order valence-corrected chi connectivity index (χ1v) is 8.48. The second-order valence-electron chi connectivity index (χ2n) is 5.88. The van der Waals surface area contributed by atoms with E-state index < -0.39 is 6.04 Å². The number of carbonyl (C=O) groups is 2. The van der Waals surface area contributed by atoms with Crippen LogP contribution in [0.15, 0.2) is 48.5 Å². The van der Waals surface area contributed by atoms with Crippen LogP contribution in [0.2, 0.25) is 5.02 Å². The molecule has 25 heavy (non-hydrogen) atoms. The van der Waals surface area contributed by atoms with Gasteiger partial charge in [-0.3, -0.25) is 9.59 Å². The Kier molecular flexibility index (Phi) is 5.24. The molecule has 2 amide bonds. The van der Waals surface area contributed by atoms with Crippen LogP contribution in [-0.4, -0.2) is 36.4 Å². The summed E-state index contributed by atoms with van der Waals surface area (Å²) >= 11 is 5.85. The molecule has 1 heterocycles. The molecule has 0 bridgehead atoms. The number of hydrogen-bond donors (Lipinski definition) is 1. The number of methoxy groups -OCH3 is 1. The summed E-state index contributed by atoms with van der Waals surface area (Å²) in [5.74, 6) is 0.369. The second-order valence-corrected chi connectivity index (χ2v) is 6.32. The van der Waals surface area contributed by atoms with E-state index >= 15 is 0 Å². The summed E-state index contributed by atoms with van der Waals surface area (Å²) in [5, 5.41) is 3.46. The summed E-state index contributed by atoms with van der Waals surface area (Å²) in [4.78, 5) is 27.0. The summed E-state index contributed by atoms with van der Waals surface area (Å²) in [6, 6.07) is 13.4. The Hall–Kier alpha value is -2.53. The van der Waals surface area contributed by atoms with Crippen LogP contribution in [0.25, 0.3) is 0 Å². The lowest BCUT2D eigenvalue weighted by molar-refractivity contribution is -0.119. The number of likely N-dealkylation sites (tertiary alicyclic amines) is 1. The highest BCUT2D eigenvalue weighted by Gasteiger charge is 2.34. The van der Waals surface area contributed by atoms with E-state index in [-0.39, 0.29) is 11.8 Å². The lowest BCUT2D eigenvalue weighted by atomic mass is 10.1. The molecule has 3 rings (SSSR count). The number of nitrogens with zero attached hydrogens (tertiary/aromatic N) is 1. The number of rotatable bonds is 4. The highest BCUT2D eigenvalue weighted by molar-refractivity contribution is 6.30. The molecule has 0 saturated carbocycles. The maximum Gasteiger partial charge on any atom is 0.254 e. The molecule has 0 spiro atoms. The SMILES string of the molecule is COc1ccc(C(=O)N2CCC[C@@H]2C(=O)Nc2ccc(Cl)cc2)cc1. The minimum Gasteiger partial charge on any atom is -0.497 e. The number of amides is 2. The lowest BCUT2D eigenvalue weighted by Gasteiger charge is -2.24. The maximum absolute atomic E-state index is 12.7. The zero-order chi connectivity index (χ0) is 17.8. The van der Waals surface area contributed by atoms with E-state index in [9.17, 15) is 9.59 Å². The Morgan fingerprint density at radius 3 is 2.44 bits per heavy atom. The molecular weight excluding hydrogens is 340 g/mol. The zero-order valence-electron chi connectivity index (χ0n) is 13.9. The molecule has 0 radical (unpaired) electrons. The maximum atomic E-state index is 12.7. The van der Waals surface area contributed by atoms with Gasteiger partial charge in [0, 0.05) is 22.8 Å². The molecule has 6 heteroatoms. The van der Waals surface area contributed by atoms with Crippen molar-refractivity contribution >= 4 is 29.1 Å². The lowest BCUT2D eigenvalue weighted by Crippen LogP contribution is -2.43. The third-order valence-corrected chi connectivity index (χ3v) is 4.52. The van der Waals surface area contributed by atoms with Gasteiger partial charge in [0.15, 0.2) is 0 Å². The normalized spacial score (nSPS) is 16.6. The summed E-state index contributed by atoms with van der Waals surface area (Å²) in [6.07, 6.45) is 1.46. The number of anilines is 1. The van der Waals surface area contributed by atoms with E-state index in [0.29, 0.717) is 35.0 Å². The van der Waals surface area contributed by atoms with Crippen molar-refractivity contribution in [2.45, 2.75) is 18.9 Å². The Balaban J connectivity index is 1.71. The molecule has 0 aromatic heterocycles. The van der Waals surface area contributed by atoms with Crippen molar-refractivity contribution < 1.29 is 14.3 Å². The van der Waals surface area contributed by atoms with Crippen LogP contribution in [0.4, 0.5) is 5.69 Å². The average molecular weight is 359 g/mol. The number of benzene rings is 2. The van der Waals surface area contributed by atoms with Gasteiger partial charge in [-0.1, -0.05) is 11.6 Å². The average Bonchev–Trinajstić information content (AvgIpc) is 3.13. The van der Waals surface area contributed by atoms with Crippen molar-refractivity contribution in [3.63, 3.8) is 0 Å². The van der Waals surface area contributed by atoms with Crippen molar-refractivity contribution in [1.29, 1.82) is 0 Å². The van der Waals surface area contributed by atoms with Crippen LogP contribution >= 0.6 is 11.6 Å². The summed E-state index contributed by atoms with van der Waals surface area (Å²) in [6.45, 7) is 0.573. The monoisotopic (exact) mass is 358 g/mol. The topological polar surface area (TPSA) is 58.6 Å². The number of carbonyl (C=O) groups excluding carboxylic acids is 2. The van der Waals surface area contributed by atoms with E-state index in [1.54, 1.807) is 60.5 Å². The van der Waals surface area contributed by atoms with Gasteiger partial charge in [0.25, 0.3) is 5.91 Å². The van der Waals surface area contributed by atoms with Gasteiger partial charge >= 0.3 is 0 Å². The van der Waals surface area contributed by atoms with Crippen LogP contribution in [0, 0.1) is 0 Å². The zero-order valence-corrected chi connectivity index (χ0v) is 14.6. The van der Waals surface area contributed by atoms with Crippen LogP contribution in [0.3, 0.4) is 0 Å². The van der Waals surface area contributed by atoms with E-state index in [1.807, 2.05) is 0 Å². The van der Waals surface area contributed by atoms with Crippen molar-refractivity contribution in [2.24, 2.45) is 0 Å². The first kappa shape index (κ1) is 17.3. The number of nitrogens with one attached hydrogen (secondary N) is 1. The van der Waals surface area contributed by atoms with Crippen molar-refractivity contribution in [3.8, 4) is 5.75 Å². The fraction of sp³-hybridized carbons (Fsp3) is 0.263. The van der Waals surface area contributed by atoms with Crippen LogP contribution in [0.1, 0.15) is 23.2 Å². The predicted octanol–water partition coefficient (Wildman–Crippen LogP) is 3.59. The third-order valence-electron chi connectivity index (χ3n) is 4.27. The van der Waals surface area contributed by atoms with Crippen LogP contribution < -0.4 is 10.1 Å². The van der Waals surface area contributed by atoms with E-state index in [4.69, 9.17) is 16.3 Å². The van der Waals surface area contributed by atoms with E-state index in [0.717, 1.165) is 6.42 Å². The number of ether oxygens (including phenoxy) is 1. The molecule has 1 N–H and O–H groups in total. The summed E-state index contributed by atoms with van der Waals surface area (Å²) < 4.78 is 5.11. The quantitative estimate of drug-likeness (QED) is 0.908. The Labute approximate surface area is 151 Å². The Bertz CT molecular complexity index is 759. The molecule has 1 fully saturated rings. The van der Waals surface area contributed by atoms with Crippen LogP contribution in [0.5, 0.6) is 5.75 Å². The first-order chi connectivity index (χ1) is 12.1. The van der Waals surface area contributed by atoms with Crippen molar-refractivity contribution in [2.75, 3.05) is 19.0 Å². The smallest absolute Gasteiger partial charge is 0.254 e. The fourth-order valence-electron chi connectivity index (χ4n) is 2.94. The molecule has 1 aliphatic rings. The highest BCUT2D eigenvalue weighted by atomic mass is 35.5. The second kappa shape index (κ2) is 7.57. The van der Waals surface area contributed by atoms with Crippen molar-refractivity contribution in [3.05, 3.63) is 59.1 Å². The molecule has 0 aliphatic carbocycles. The number of hydrogen-bond acceptors (Lipinski definition) is 3. The molecule has 130 valence electrons. The molecular formula is C19H19ClN2O3. The Morgan fingerprint density at radius 2 is 1.80 bits per heavy atom. The summed E-state index contributed by atoms with van der Waals surface area (Å²) in [7, 11) is 1.58. The van der Waals surface area contributed by atoms with Gasteiger partial charge in [0.2, 0.25) is 5.91 Å². The van der Waals surface area contributed by atoms with Crippen molar-refractivity contribution in [1.82, 2.24) is 4.90 Å². The van der Waals surface area contributed by atoms with Gasteiger partial charge in [-0.2, -0.15) is 0 Å². The van der Waals surface area contributed by atoms with Gasteiger partial charge in [-0.15, -0.1) is 0 Å². The molecule has 1 aliphatic heterocycles. The number of halogens is 1. The first-order valence-electron chi connectivity index (χ1n) is 8.10. The van der Waals surface area contributed by atoms with Gasteiger partial charge in [-0.05, 0) is 61.4 Å². The van der Waals surface area contributed by atoms with Gasteiger partial charge in [-0.25, -0.2) is 0 Å². The third kappa shape index (κ3) is 3.94. The minimum absolute atomic E-state index is 0.142. The predicted molar refractivity (Wildman–Crippen MR) is 97.1 cm³/mol.